The Labute approximate surface area is 240 Å². The molecule has 0 aromatic carbocycles. The first-order chi connectivity index (χ1) is 18.4. The van der Waals surface area contributed by atoms with E-state index in [4.69, 9.17) is 4.74 Å². The van der Waals surface area contributed by atoms with E-state index in [0.717, 1.165) is 40.5 Å². The number of allylic oxidation sites excluding steroid dienone is 1. The molecule has 1 aliphatic rings. The quantitative estimate of drug-likeness (QED) is 0.343. The molecule has 2 aromatic rings. The summed E-state index contributed by atoms with van der Waals surface area (Å²) in [5, 5.41) is 27.8. The van der Waals surface area contributed by atoms with Crippen LogP contribution < -0.4 is 0 Å². The van der Waals surface area contributed by atoms with E-state index < -0.39 is 35.6 Å². The number of thiazole rings is 2. The molecule has 5 atom stereocenters. The Hall–Kier alpha value is -2.20. The first kappa shape index (κ1) is 31.3. The van der Waals surface area contributed by atoms with Crippen molar-refractivity contribution in [1.82, 2.24) is 9.97 Å². The third-order valence-corrected chi connectivity index (χ3v) is 9.34. The molecule has 0 saturated carbocycles. The Kier molecular flexibility index (Phi) is 11.2. The number of aliphatic hydroxyl groups is 2. The van der Waals surface area contributed by atoms with Gasteiger partial charge in [-0.2, -0.15) is 0 Å². The zero-order chi connectivity index (χ0) is 28.7. The number of ether oxygens (including phenoxy) is 1. The summed E-state index contributed by atoms with van der Waals surface area (Å²) in [6.07, 6.45) is 6.57. The van der Waals surface area contributed by atoms with Crippen LogP contribution in [0.3, 0.4) is 0 Å². The lowest BCUT2D eigenvalue weighted by Gasteiger charge is -2.34. The van der Waals surface area contributed by atoms with Crippen LogP contribution in [0.2, 0.25) is 0 Å². The summed E-state index contributed by atoms with van der Waals surface area (Å²) in [6, 6.07) is 0. The standard InChI is InChI=1S/C30H42N2O5S2/c1-18-8-7-9-22(15-26-31-12-13-38-26)10-11-24(19(2)14-23-17-39-21(4)32-23)37-27(34)16-25(33)30(5,6)29(36)20(3)28(18)35/h10,12-14,17-18,20,24-25,28,33,35H,7-9,11,15-16H2,1-6H3/t18-,20+,24-,25-,28-/m0/s1. The van der Waals surface area contributed by atoms with Crippen LogP contribution in [0, 0.1) is 24.2 Å². The molecule has 0 aliphatic carbocycles. The van der Waals surface area contributed by atoms with Gasteiger partial charge in [-0.05, 0) is 50.7 Å². The Balaban J connectivity index is 1.94. The van der Waals surface area contributed by atoms with Gasteiger partial charge in [0.25, 0.3) is 0 Å². The molecule has 9 heteroatoms. The van der Waals surface area contributed by atoms with Crippen LogP contribution in [0.1, 0.15) is 82.4 Å². The first-order valence-electron chi connectivity index (χ1n) is 13.6. The van der Waals surface area contributed by atoms with Crippen LogP contribution >= 0.6 is 22.7 Å². The number of carbonyl (C=O) groups excluding carboxylic acids is 2. The van der Waals surface area contributed by atoms with Crippen molar-refractivity contribution in [2.45, 2.75) is 98.4 Å². The van der Waals surface area contributed by atoms with Gasteiger partial charge in [0, 0.05) is 35.7 Å². The molecule has 0 unspecified atom stereocenters. The Morgan fingerprint density at radius 3 is 2.62 bits per heavy atom. The summed E-state index contributed by atoms with van der Waals surface area (Å²) < 4.78 is 5.93. The van der Waals surface area contributed by atoms with E-state index in [0.29, 0.717) is 12.8 Å². The molecule has 7 nitrogen and oxygen atoms in total. The van der Waals surface area contributed by atoms with Crippen LogP contribution in [0.15, 0.2) is 34.2 Å². The van der Waals surface area contributed by atoms with Crippen molar-refractivity contribution in [2.75, 3.05) is 0 Å². The summed E-state index contributed by atoms with van der Waals surface area (Å²) in [5.74, 6) is -1.59. The maximum Gasteiger partial charge on any atom is 0.309 e. The number of cyclic esters (lactones) is 1. The molecule has 0 spiro atoms. The lowest BCUT2D eigenvalue weighted by atomic mass is 9.73. The second kappa shape index (κ2) is 13.9. The zero-order valence-corrected chi connectivity index (χ0v) is 25.5. The summed E-state index contributed by atoms with van der Waals surface area (Å²) >= 11 is 3.17. The topological polar surface area (TPSA) is 110 Å². The minimum absolute atomic E-state index is 0.0876. The van der Waals surface area contributed by atoms with Crippen LogP contribution in [-0.2, 0) is 20.7 Å². The molecule has 1 aliphatic heterocycles. The molecule has 0 radical (unpaired) electrons. The fourth-order valence-electron chi connectivity index (χ4n) is 5.01. The number of esters is 1. The van der Waals surface area contributed by atoms with E-state index in [1.54, 1.807) is 49.6 Å². The van der Waals surface area contributed by atoms with Crippen molar-refractivity contribution in [1.29, 1.82) is 0 Å². The summed E-state index contributed by atoms with van der Waals surface area (Å²) in [7, 11) is 0. The summed E-state index contributed by atoms with van der Waals surface area (Å²) in [6.45, 7) is 10.8. The number of hydrogen-bond donors (Lipinski definition) is 2. The highest BCUT2D eigenvalue weighted by Gasteiger charge is 2.42. The lowest BCUT2D eigenvalue weighted by Crippen LogP contribution is -2.45. The number of nitrogens with zero attached hydrogens (tertiary/aromatic N) is 2. The van der Waals surface area contributed by atoms with Gasteiger partial charge >= 0.3 is 5.97 Å². The van der Waals surface area contributed by atoms with Crippen LogP contribution in [-0.4, -0.2) is 50.2 Å². The normalized spacial score (nSPS) is 28.2. The molecule has 214 valence electrons. The molecule has 3 rings (SSSR count). The van der Waals surface area contributed by atoms with Gasteiger partial charge in [-0.1, -0.05) is 39.3 Å². The third-order valence-electron chi connectivity index (χ3n) is 7.77. The van der Waals surface area contributed by atoms with Crippen molar-refractivity contribution in [3.63, 3.8) is 0 Å². The van der Waals surface area contributed by atoms with Gasteiger partial charge in [-0.25, -0.2) is 9.97 Å². The highest BCUT2D eigenvalue weighted by atomic mass is 32.1. The predicted octanol–water partition coefficient (Wildman–Crippen LogP) is 5.95. The minimum atomic E-state index is -1.24. The molecule has 2 aromatic heterocycles. The number of carbonyl (C=O) groups is 2. The SMILES string of the molecule is CC(=Cc1csc(C)n1)[C@@H]1CC=C(Cc2nccs2)CCC[C@H](C)[C@H](O)[C@@H](C)C(=O)C(C)(C)[C@@H](O)CC(=O)O1. The largest absolute Gasteiger partial charge is 0.457 e. The minimum Gasteiger partial charge on any atom is -0.457 e. The van der Waals surface area contributed by atoms with Gasteiger partial charge in [-0.15, -0.1) is 22.7 Å². The summed E-state index contributed by atoms with van der Waals surface area (Å²) in [4.78, 5) is 35.4. The fraction of sp³-hybridized carbons (Fsp3) is 0.600. The Bertz CT molecular complexity index is 1170. The predicted molar refractivity (Wildman–Crippen MR) is 156 cm³/mol. The number of aryl methyl sites for hydroxylation is 1. The van der Waals surface area contributed by atoms with Crippen molar-refractivity contribution in [3.05, 3.63) is 49.9 Å². The number of ketones is 1. The van der Waals surface area contributed by atoms with Crippen molar-refractivity contribution in [3.8, 4) is 0 Å². The highest BCUT2D eigenvalue weighted by molar-refractivity contribution is 7.09. The van der Waals surface area contributed by atoms with E-state index in [9.17, 15) is 19.8 Å². The molecular formula is C30H42N2O5S2. The Morgan fingerprint density at radius 2 is 1.97 bits per heavy atom. The first-order valence-corrected chi connectivity index (χ1v) is 15.4. The number of aliphatic hydroxyl groups excluding tert-OH is 2. The second-order valence-corrected chi connectivity index (χ2v) is 13.4. The highest BCUT2D eigenvalue weighted by Crippen LogP contribution is 2.33. The maximum absolute atomic E-state index is 13.3. The van der Waals surface area contributed by atoms with Gasteiger partial charge in [0.15, 0.2) is 0 Å². The molecule has 2 N–H and O–H groups in total. The van der Waals surface area contributed by atoms with Gasteiger partial charge in [0.1, 0.15) is 11.9 Å². The van der Waals surface area contributed by atoms with E-state index in [-0.39, 0.29) is 18.1 Å². The van der Waals surface area contributed by atoms with Gasteiger partial charge < -0.3 is 14.9 Å². The molecule has 0 saturated heterocycles. The molecular weight excluding hydrogens is 532 g/mol. The number of rotatable bonds is 4. The monoisotopic (exact) mass is 574 g/mol. The van der Waals surface area contributed by atoms with E-state index >= 15 is 0 Å². The van der Waals surface area contributed by atoms with Crippen LogP contribution in [0.25, 0.3) is 6.08 Å². The van der Waals surface area contributed by atoms with Crippen molar-refractivity contribution in [2.24, 2.45) is 17.3 Å². The molecule has 3 heterocycles. The zero-order valence-electron chi connectivity index (χ0n) is 23.8. The van der Waals surface area contributed by atoms with Gasteiger partial charge in [0.05, 0.1) is 39.8 Å². The lowest BCUT2D eigenvalue weighted by molar-refractivity contribution is -0.154. The van der Waals surface area contributed by atoms with Gasteiger partial charge in [0.2, 0.25) is 0 Å². The fourth-order valence-corrected chi connectivity index (χ4v) is 6.25. The molecule has 39 heavy (non-hydrogen) atoms. The van der Waals surface area contributed by atoms with E-state index in [2.05, 4.69) is 16.0 Å². The van der Waals surface area contributed by atoms with E-state index in [1.165, 1.54) is 5.57 Å². The average molecular weight is 575 g/mol. The second-order valence-electron chi connectivity index (χ2n) is 11.3. The average Bonchev–Trinajstić information content (AvgIpc) is 3.55. The smallest absolute Gasteiger partial charge is 0.309 e. The number of hydrogen-bond acceptors (Lipinski definition) is 9. The van der Waals surface area contributed by atoms with Crippen LogP contribution in [0.5, 0.6) is 0 Å². The molecule has 0 amide bonds. The van der Waals surface area contributed by atoms with E-state index in [1.807, 2.05) is 37.6 Å². The molecule has 0 bridgehead atoms. The third kappa shape index (κ3) is 8.64. The van der Waals surface area contributed by atoms with Crippen molar-refractivity contribution >= 4 is 40.5 Å². The van der Waals surface area contributed by atoms with Crippen LogP contribution in [0.4, 0.5) is 0 Å². The number of aromatic nitrogens is 2. The summed E-state index contributed by atoms with van der Waals surface area (Å²) in [5.41, 5.74) is 1.66. The Morgan fingerprint density at radius 1 is 1.23 bits per heavy atom. The molecule has 0 fully saturated rings. The van der Waals surface area contributed by atoms with Crippen molar-refractivity contribution < 1.29 is 24.5 Å². The maximum atomic E-state index is 13.3. The van der Waals surface area contributed by atoms with Gasteiger partial charge in [-0.3, -0.25) is 9.59 Å². The number of Topliss-reactive ketones (excluding diaryl/α,β-unsaturated/α-hetero) is 1.